The maximum absolute atomic E-state index is 11.0. The van der Waals surface area contributed by atoms with Crippen molar-refractivity contribution in [3.63, 3.8) is 0 Å². The number of carbonyl (C=O) groups excluding carboxylic acids is 1. The Morgan fingerprint density at radius 2 is 2.11 bits per heavy atom. The highest BCUT2D eigenvalue weighted by Gasteiger charge is 2.06. The highest BCUT2D eigenvalue weighted by Crippen LogP contribution is 2.20. The molecule has 5 heteroatoms. The summed E-state index contributed by atoms with van der Waals surface area (Å²) in [5.74, 6) is 0.809. The molecule has 0 N–H and O–H groups in total. The van der Waals surface area contributed by atoms with Crippen molar-refractivity contribution in [2.45, 2.75) is 13.5 Å². The standard InChI is InChI=1S/C14H14N2O3/c1-10-3-11(6-15-5-10)9-19-13-7-16-14(18-2)4-12(13)8-17/h3-8H,9H2,1-2H3. The van der Waals surface area contributed by atoms with Crippen molar-refractivity contribution in [3.8, 4) is 11.6 Å². The van der Waals surface area contributed by atoms with Gasteiger partial charge in [-0.3, -0.25) is 9.78 Å². The molecular weight excluding hydrogens is 244 g/mol. The van der Waals surface area contributed by atoms with Gasteiger partial charge in [-0.1, -0.05) is 0 Å². The summed E-state index contributed by atoms with van der Waals surface area (Å²) >= 11 is 0. The van der Waals surface area contributed by atoms with Gasteiger partial charge in [0.1, 0.15) is 12.4 Å². The third-order valence-corrected chi connectivity index (χ3v) is 2.53. The van der Waals surface area contributed by atoms with Gasteiger partial charge in [-0.25, -0.2) is 4.98 Å². The van der Waals surface area contributed by atoms with Crippen LogP contribution >= 0.6 is 0 Å². The van der Waals surface area contributed by atoms with Gasteiger partial charge < -0.3 is 9.47 Å². The summed E-state index contributed by atoms with van der Waals surface area (Å²) in [7, 11) is 1.50. The van der Waals surface area contributed by atoms with Crippen molar-refractivity contribution in [1.29, 1.82) is 0 Å². The number of hydrogen-bond donors (Lipinski definition) is 0. The van der Waals surface area contributed by atoms with Crippen molar-refractivity contribution < 1.29 is 14.3 Å². The predicted molar refractivity (Wildman–Crippen MR) is 69.5 cm³/mol. The zero-order chi connectivity index (χ0) is 13.7. The number of pyridine rings is 2. The molecule has 5 nitrogen and oxygen atoms in total. The Kier molecular flexibility index (Phi) is 4.07. The second kappa shape index (κ2) is 5.95. The lowest BCUT2D eigenvalue weighted by Gasteiger charge is -2.09. The summed E-state index contributed by atoms with van der Waals surface area (Å²) in [6.07, 6.45) is 5.69. The molecule has 0 aromatic carbocycles. The van der Waals surface area contributed by atoms with E-state index in [1.54, 1.807) is 12.4 Å². The van der Waals surface area contributed by atoms with Crippen LogP contribution in [0.1, 0.15) is 21.5 Å². The van der Waals surface area contributed by atoms with Crippen LogP contribution in [0.5, 0.6) is 11.6 Å². The molecule has 0 saturated heterocycles. The fraction of sp³-hybridized carbons (Fsp3) is 0.214. The molecule has 2 aromatic heterocycles. The minimum atomic E-state index is 0.337. The summed E-state index contributed by atoms with van der Waals surface area (Å²) in [5, 5.41) is 0. The summed E-state index contributed by atoms with van der Waals surface area (Å²) in [6, 6.07) is 3.52. The number of nitrogens with zero attached hydrogens (tertiary/aromatic N) is 2. The molecule has 0 aliphatic rings. The van der Waals surface area contributed by atoms with E-state index in [1.165, 1.54) is 19.4 Å². The Morgan fingerprint density at radius 1 is 1.26 bits per heavy atom. The van der Waals surface area contributed by atoms with Gasteiger partial charge in [0.15, 0.2) is 6.29 Å². The summed E-state index contributed by atoms with van der Waals surface area (Å²) in [4.78, 5) is 19.1. The monoisotopic (exact) mass is 258 g/mol. The van der Waals surface area contributed by atoms with E-state index in [1.807, 2.05) is 13.0 Å². The quantitative estimate of drug-likeness (QED) is 0.769. The molecule has 0 amide bonds. The fourth-order valence-electron chi connectivity index (χ4n) is 1.62. The molecule has 0 saturated carbocycles. The van der Waals surface area contributed by atoms with Crippen LogP contribution in [-0.2, 0) is 6.61 Å². The van der Waals surface area contributed by atoms with E-state index in [4.69, 9.17) is 9.47 Å². The molecule has 98 valence electrons. The Bertz CT molecular complexity index is 585. The average Bonchev–Trinajstić information content (AvgIpc) is 2.45. The first-order valence-corrected chi connectivity index (χ1v) is 5.75. The van der Waals surface area contributed by atoms with Crippen LogP contribution in [0.2, 0.25) is 0 Å². The Balaban J connectivity index is 2.13. The molecule has 2 rings (SSSR count). The average molecular weight is 258 g/mol. The van der Waals surface area contributed by atoms with Gasteiger partial charge in [0.2, 0.25) is 5.88 Å². The maximum atomic E-state index is 11.0. The Morgan fingerprint density at radius 3 is 2.79 bits per heavy atom. The SMILES string of the molecule is COc1cc(C=O)c(OCc2cncc(C)c2)cn1. The Labute approximate surface area is 111 Å². The third-order valence-electron chi connectivity index (χ3n) is 2.53. The zero-order valence-corrected chi connectivity index (χ0v) is 10.8. The molecule has 0 spiro atoms. The molecule has 0 atom stereocenters. The van der Waals surface area contributed by atoms with Crippen LogP contribution in [0.4, 0.5) is 0 Å². The largest absolute Gasteiger partial charge is 0.486 e. The van der Waals surface area contributed by atoms with Gasteiger partial charge in [0, 0.05) is 24.0 Å². The molecule has 19 heavy (non-hydrogen) atoms. The van der Waals surface area contributed by atoms with Crippen LogP contribution in [0, 0.1) is 6.92 Å². The molecule has 0 unspecified atom stereocenters. The zero-order valence-electron chi connectivity index (χ0n) is 10.8. The van der Waals surface area contributed by atoms with E-state index in [0.717, 1.165) is 11.1 Å². The number of rotatable bonds is 5. The minimum Gasteiger partial charge on any atom is -0.486 e. The predicted octanol–water partition coefficient (Wildman–Crippen LogP) is 2.19. The third kappa shape index (κ3) is 3.28. The number of methoxy groups -OCH3 is 1. The molecule has 0 bridgehead atoms. The second-order valence-electron chi connectivity index (χ2n) is 4.04. The molecule has 2 heterocycles. The lowest BCUT2D eigenvalue weighted by Crippen LogP contribution is -2.00. The maximum Gasteiger partial charge on any atom is 0.213 e. The number of carbonyl (C=O) groups is 1. The normalized spacial score (nSPS) is 10.0. The number of aldehydes is 1. The van der Waals surface area contributed by atoms with Crippen molar-refractivity contribution in [3.05, 3.63) is 47.4 Å². The Hall–Kier alpha value is -2.43. The van der Waals surface area contributed by atoms with Crippen molar-refractivity contribution in [2.75, 3.05) is 7.11 Å². The van der Waals surface area contributed by atoms with Gasteiger partial charge in [-0.05, 0) is 18.6 Å². The van der Waals surface area contributed by atoms with Crippen LogP contribution in [0.3, 0.4) is 0 Å². The summed E-state index contributed by atoms with van der Waals surface area (Å²) in [6.45, 7) is 2.30. The molecule has 2 aromatic rings. The second-order valence-corrected chi connectivity index (χ2v) is 4.04. The van der Waals surface area contributed by atoms with Gasteiger partial charge in [0.25, 0.3) is 0 Å². The lowest BCUT2D eigenvalue weighted by atomic mass is 10.2. The summed E-state index contributed by atoms with van der Waals surface area (Å²) < 4.78 is 10.5. The highest BCUT2D eigenvalue weighted by atomic mass is 16.5. The summed E-state index contributed by atoms with van der Waals surface area (Å²) in [5.41, 5.74) is 2.41. The van der Waals surface area contributed by atoms with Crippen LogP contribution < -0.4 is 9.47 Å². The molecular formula is C14H14N2O3. The van der Waals surface area contributed by atoms with Crippen molar-refractivity contribution in [1.82, 2.24) is 9.97 Å². The van der Waals surface area contributed by atoms with E-state index in [2.05, 4.69) is 9.97 Å². The molecule has 0 aliphatic carbocycles. The number of aromatic nitrogens is 2. The van der Waals surface area contributed by atoms with Gasteiger partial charge >= 0.3 is 0 Å². The first kappa shape index (κ1) is 13.0. The first-order valence-electron chi connectivity index (χ1n) is 5.75. The number of hydrogen-bond acceptors (Lipinski definition) is 5. The smallest absolute Gasteiger partial charge is 0.213 e. The van der Waals surface area contributed by atoms with Crippen LogP contribution in [-0.4, -0.2) is 23.4 Å². The van der Waals surface area contributed by atoms with Gasteiger partial charge in [-0.2, -0.15) is 0 Å². The number of ether oxygens (including phenoxy) is 2. The van der Waals surface area contributed by atoms with Gasteiger partial charge in [0.05, 0.1) is 18.9 Å². The van der Waals surface area contributed by atoms with Crippen LogP contribution in [0.25, 0.3) is 0 Å². The topological polar surface area (TPSA) is 61.3 Å². The molecule has 0 aliphatic heterocycles. The van der Waals surface area contributed by atoms with E-state index >= 15 is 0 Å². The first-order chi connectivity index (χ1) is 9.22. The van der Waals surface area contributed by atoms with E-state index in [9.17, 15) is 4.79 Å². The lowest BCUT2D eigenvalue weighted by molar-refractivity contribution is 0.111. The van der Waals surface area contributed by atoms with Crippen molar-refractivity contribution >= 4 is 6.29 Å². The van der Waals surface area contributed by atoms with Crippen LogP contribution in [0.15, 0.2) is 30.7 Å². The fourth-order valence-corrected chi connectivity index (χ4v) is 1.62. The van der Waals surface area contributed by atoms with E-state index < -0.39 is 0 Å². The van der Waals surface area contributed by atoms with Gasteiger partial charge in [-0.15, -0.1) is 0 Å². The highest BCUT2D eigenvalue weighted by molar-refractivity contribution is 5.79. The van der Waals surface area contributed by atoms with E-state index in [-0.39, 0.29) is 0 Å². The van der Waals surface area contributed by atoms with Crippen molar-refractivity contribution in [2.24, 2.45) is 0 Å². The molecule has 0 radical (unpaired) electrons. The van der Waals surface area contributed by atoms with E-state index in [0.29, 0.717) is 30.1 Å². The number of aryl methyl sites for hydroxylation is 1. The molecule has 0 fully saturated rings. The minimum absolute atomic E-state index is 0.337.